The maximum absolute atomic E-state index is 12.0. The van der Waals surface area contributed by atoms with Gasteiger partial charge in [-0.25, -0.2) is 13.1 Å². The minimum absolute atomic E-state index is 0.00979. The number of hydrogen-bond donors (Lipinski definition) is 2. The lowest BCUT2D eigenvalue weighted by molar-refractivity contribution is -0.184. The van der Waals surface area contributed by atoms with Gasteiger partial charge < -0.3 is 10.1 Å². The first-order valence-corrected chi connectivity index (χ1v) is 8.50. The van der Waals surface area contributed by atoms with Gasteiger partial charge in [-0.05, 0) is 45.0 Å². The van der Waals surface area contributed by atoms with E-state index in [0.717, 1.165) is 0 Å². The molecule has 1 atom stereocenters. The molecule has 1 amide bonds. The first-order chi connectivity index (χ1) is 10.9. The Morgan fingerprint density at radius 2 is 1.71 bits per heavy atom. The molecule has 0 radical (unpaired) electrons. The molecule has 1 unspecified atom stereocenters. The first kappa shape index (κ1) is 20.4. The van der Waals surface area contributed by atoms with Crippen LogP contribution in [-0.2, 0) is 19.6 Å². The van der Waals surface area contributed by atoms with E-state index in [1.54, 1.807) is 13.8 Å². The summed E-state index contributed by atoms with van der Waals surface area (Å²) in [6, 6.07) is 4.95. The molecule has 10 heteroatoms. The van der Waals surface area contributed by atoms with Crippen LogP contribution in [0.1, 0.15) is 20.8 Å². The zero-order valence-electron chi connectivity index (χ0n) is 13.3. The Labute approximate surface area is 138 Å². The Bertz CT molecular complexity index is 658. The van der Waals surface area contributed by atoms with Crippen LogP contribution in [0.25, 0.3) is 0 Å². The number of sulfonamides is 1. The maximum atomic E-state index is 12.0. The molecule has 1 aromatic rings. The van der Waals surface area contributed by atoms with Crippen LogP contribution in [0.5, 0.6) is 0 Å². The van der Waals surface area contributed by atoms with E-state index in [1.165, 1.54) is 31.2 Å². The minimum atomic E-state index is -4.52. The van der Waals surface area contributed by atoms with Crippen molar-refractivity contribution in [3.8, 4) is 0 Å². The van der Waals surface area contributed by atoms with Gasteiger partial charge in [-0.15, -0.1) is 0 Å². The number of halogens is 3. The molecule has 0 aromatic heterocycles. The number of carbonyl (C=O) groups excluding carboxylic acids is 1. The second-order valence-corrected chi connectivity index (χ2v) is 7.07. The highest BCUT2D eigenvalue weighted by atomic mass is 32.2. The van der Waals surface area contributed by atoms with Gasteiger partial charge >= 0.3 is 6.18 Å². The van der Waals surface area contributed by atoms with Crippen molar-refractivity contribution in [1.29, 1.82) is 0 Å². The molecule has 1 rings (SSSR count). The number of alkyl halides is 3. The summed E-state index contributed by atoms with van der Waals surface area (Å²) < 4.78 is 66.8. The van der Waals surface area contributed by atoms with E-state index in [0.29, 0.717) is 0 Å². The third-order valence-electron chi connectivity index (χ3n) is 2.69. The van der Waals surface area contributed by atoms with Gasteiger partial charge in [0, 0.05) is 11.7 Å². The first-order valence-electron chi connectivity index (χ1n) is 7.02. The molecule has 0 aliphatic rings. The van der Waals surface area contributed by atoms with Gasteiger partial charge in [0.15, 0.2) is 0 Å². The van der Waals surface area contributed by atoms with Crippen molar-refractivity contribution in [1.82, 2.24) is 4.72 Å². The largest absolute Gasteiger partial charge is 0.411 e. The summed E-state index contributed by atoms with van der Waals surface area (Å²) in [6.07, 6.45) is -5.83. The predicted molar refractivity (Wildman–Crippen MR) is 82.0 cm³/mol. The summed E-state index contributed by atoms with van der Waals surface area (Å²) in [5.74, 6) is -0.768. The monoisotopic (exact) mass is 368 g/mol. The van der Waals surface area contributed by atoms with Gasteiger partial charge in [-0.1, -0.05) is 0 Å². The van der Waals surface area contributed by atoms with Gasteiger partial charge in [0.05, 0.1) is 4.90 Å². The summed E-state index contributed by atoms with van der Waals surface area (Å²) in [5.41, 5.74) is 0.242. The fourth-order valence-electron chi connectivity index (χ4n) is 1.63. The van der Waals surface area contributed by atoms with E-state index in [-0.39, 0.29) is 16.6 Å². The Balaban J connectivity index is 2.68. The molecule has 0 aliphatic carbocycles. The summed E-state index contributed by atoms with van der Waals surface area (Å²) >= 11 is 0. The fraction of sp³-hybridized carbons (Fsp3) is 0.500. The normalized spacial score (nSPS) is 13.8. The Morgan fingerprint density at radius 3 is 2.17 bits per heavy atom. The van der Waals surface area contributed by atoms with E-state index in [1.807, 2.05) is 0 Å². The van der Waals surface area contributed by atoms with Crippen molar-refractivity contribution in [2.24, 2.45) is 0 Å². The zero-order valence-corrected chi connectivity index (χ0v) is 14.2. The zero-order chi connectivity index (χ0) is 18.5. The van der Waals surface area contributed by atoms with E-state index in [9.17, 15) is 26.4 Å². The van der Waals surface area contributed by atoms with Gasteiger partial charge in [-0.2, -0.15) is 13.2 Å². The second kappa shape index (κ2) is 7.95. The van der Waals surface area contributed by atoms with Crippen LogP contribution in [-0.4, -0.2) is 39.3 Å². The number of benzene rings is 1. The summed E-state index contributed by atoms with van der Waals surface area (Å²) in [4.78, 5) is 11.7. The number of carbonyl (C=O) groups is 1. The third kappa shape index (κ3) is 6.85. The number of hydrogen-bond acceptors (Lipinski definition) is 4. The van der Waals surface area contributed by atoms with Crippen LogP contribution in [0.3, 0.4) is 0 Å². The molecule has 0 bridgehead atoms. The lowest BCUT2D eigenvalue weighted by Gasteiger charge is -2.15. The fourth-order valence-corrected chi connectivity index (χ4v) is 2.89. The lowest BCUT2D eigenvalue weighted by atomic mass is 10.3. The highest BCUT2D eigenvalue weighted by Gasteiger charge is 2.30. The Hall–Kier alpha value is -1.65. The summed E-state index contributed by atoms with van der Waals surface area (Å²) in [5, 5.41) is 2.35. The van der Waals surface area contributed by atoms with Crippen LogP contribution in [0.4, 0.5) is 18.9 Å². The Kier molecular flexibility index (Phi) is 6.76. The number of nitrogens with one attached hydrogen (secondary N) is 2. The maximum Gasteiger partial charge on any atom is 0.411 e. The molecule has 6 nitrogen and oxygen atoms in total. The van der Waals surface area contributed by atoms with E-state index in [2.05, 4.69) is 14.8 Å². The number of anilines is 1. The van der Waals surface area contributed by atoms with Crippen molar-refractivity contribution in [2.45, 2.75) is 44.0 Å². The number of ether oxygens (including phenoxy) is 1. The third-order valence-corrected chi connectivity index (χ3v) is 4.36. The minimum Gasteiger partial charge on any atom is -0.359 e. The standard InChI is InChI=1S/C14H19F3N2O4S/c1-9(2)19-24(21,22)12-6-4-11(5-7-12)18-13(20)10(3)23-8-14(15,16)17/h4-7,9-10,19H,8H2,1-3H3,(H,18,20). The van der Waals surface area contributed by atoms with E-state index in [4.69, 9.17) is 0 Å². The average Bonchev–Trinajstić information content (AvgIpc) is 2.43. The van der Waals surface area contributed by atoms with Crippen LogP contribution in [0.15, 0.2) is 29.2 Å². The van der Waals surface area contributed by atoms with Crippen LogP contribution in [0, 0.1) is 0 Å². The molecule has 136 valence electrons. The average molecular weight is 368 g/mol. The quantitative estimate of drug-likeness (QED) is 0.773. The molecule has 24 heavy (non-hydrogen) atoms. The van der Waals surface area contributed by atoms with Crippen molar-refractivity contribution < 1.29 is 31.1 Å². The van der Waals surface area contributed by atoms with Crippen LogP contribution >= 0.6 is 0 Å². The summed E-state index contributed by atoms with van der Waals surface area (Å²) in [7, 11) is -3.66. The van der Waals surface area contributed by atoms with Gasteiger partial charge in [0.2, 0.25) is 10.0 Å². The number of amides is 1. The molecular weight excluding hydrogens is 349 g/mol. The molecule has 0 saturated heterocycles. The van der Waals surface area contributed by atoms with Gasteiger partial charge in [-0.3, -0.25) is 4.79 Å². The van der Waals surface area contributed by atoms with Crippen LogP contribution in [0.2, 0.25) is 0 Å². The molecule has 2 N–H and O–H groups in total. The van der Waals surface area contributed by atoms with E-state index < -0.39 is 34.8 Å². The topological polar surface area (TPSA) is 84.5 Å². The molecule has 0 fully saturated rings. The molecule has 0 spiro atoms. The molecule has 1 aromatic carbocycles. The molecule has 0 aliphatic heterocycles. The molecular formula is C14H19F3N2O4S. The van der Waals surface area contributed by atoms with Crippen molar-refractivity contribution in [3.63, 3.8) is 0 Å². The second-order valence-electron chi connectivity index (χ2n) is 5.36. The van der Waals surface area contributed by atoms with Crippen molar-refractivity contribution in [3.05, 3.63) is 24.3 Å². The smallest absolute Gasteiger partial charge is 0.359 e. The highest BCUT2D eigenvalue weighted by molar-refractivity contribution is 7.89. The predicted octanol–water partition coefficient (Wildman–Crippen LogP) is 2.28. The SMILES string of the molecule is CC(C)NS(=O)(=O)c1ccc(NC(=O)C(C)OCC(F)(F)F)cc1. The van der Waals surface area contributed by atoms with Crippen molar-refractivity contribution >= 4 is 21.6 Å². The lowest BCUT2D eigenvalue weighted by Crippen LogP contribution is -2.31. The van der Waals surface area contributed by atoms with Crippen molar-refractivity contribution in [2.75, 3.05) is 11.9 Å². The van der Waals surface area contributed by atoms with Crippen LogP contribution < -0.4 is 10.0 Å². The number of rotatable bonds is 7. The summed E-state index contributed by atoms with van der Waals surface area (Å²) in [6.45, 7) is 3.01. The molecule has 0 heterocycles. The van der Waals surface area contributed by atoms with E-state index >= 15 is 0 Å². The Morgan fingerprint density at radius 1 is 1.17 bits per heavy atom. The van der Waals surface area contributed by atoms with Gasteiger partial charge in [0.1, 0.15) is 12.7 Å². The molecule has 0 saturated carbocycles. The highest BCUT2D eigenvalue weighted by Crippen LogP contribution is 2.17. The van der Waals surface area contributed by atoms with Gasteiger partial charge in [0.25, 0.3) is 5.91 Å².